The fourth-order valence-electron chi connectivity index (χ4n) is 1.65. The molecule has 2 nitrogen and oxygen atoms in total. The molecule has 0 aliphatic rings. The Morgan fingerprint density at radius 3 is 2.56 bits per heavy atom. The van der Waals surface area contributed by atoms with Crippen LogP contribution in [0.4, 0.5) is 14.5 Å². The van der Waals surface area contributed by atoms with Crippen molar-refractivity contribution in [3.05, 3.63) is 64.7 Å². The van der Waals surface area contributed by atoms with Gasteiger partial charge in [-0.15, -0.1) is 0 Å². The summed E-state index contributed by atoms with van der Waals surface area (Å²) >= 11 is 0. The minimum atomic E-state index is -0.686. The zero-order valence-corrected chi connectivity index (χ0v) is 9.71. The minimum Gasteiger partial charge on any atom is -0.396 e. The van der Waals surface area contributed by atoms with Gasteiger partial charge in [0, 0.05) is 5.56 Å². The molecule has 2 rings (SSSR count). The topological polar surface area (TPSA) is 43.1 Å². The van der Waals surface area contributed by atoms with Crippen LogP contribution >= 0.6 is 0 Å². The van der Waals surface area contributed by atoms with Crippen LogP contribution in [0.3, 0.4) is 0 Å². The highest BCUT2D eigenvalue weighted by Crippen LogP contribution is 2.19. The number of nitrogen functional groups attached to an aromatic ring is 1. The van der Waals surface area contributed by atoms with E-state index in [1.807, 2.05) is 0 Å². The van der Waals surface area contributed by atoms with Crippen molar-refractivity contribution in [1.82, 2.24) is 0 Å². The number of benzene rings is 2. The lowest BCUT2D eigenvalue weighted by atomic mass is 10.0. The third-order valence-electron chi connectivity index (χ3n) is 2.70. The molecular formula is C14H11F2NO. The molecular weight excluding hydrogens is 236 g/mol. The van der Waals surface area contributed by atoms with Crippen LogP contribution in [0.1, 0.15) is 21.5 Å². The number of carbonyl (C=O) groups is 1. The molecule has 0 bridgehead atoms. The Labute approximate surface area is 103 Å². The summed E-state index contributed by atoms with van der Waals surface area (Å²) in [4.78, 5) is 12.0. The first kappa shape index (κ1) is 12.2. The quantitative estimate of drug-likeness (QED) is 0.654. The molecule has 0 amide bonds. The number of carbonyl (C=O) groups excluding carboxylic acids is 1. The zero-order chi connectivity index (χ0) is 13.3. The van der Waals surface area contributed by atoms with Gasteiger partial charge in [-0.05, 0) is 36.8 Å². The van der Waals surface area contributed by atoms with Gasteiger partial charge in [-0.2, -0.15) is 0 Å². The second kappa shape index (κ2) is 4.56. The molecule has 0 fully saturated rings. The third-order valence-corrected chi connectivity index (χ3v) is 2.70. The van der Waals surface area contributed by atoms with Gasteiger partial charge in [0.05, 0.1) is 11.3 Å². The Kier molecular flexibility index (Phi) is 3.10. The van der Waals surface area contributed by atoms with E-state index in [0.29, 0.717) is 5.56 Å². The molecule has 18 heavy (non-hydrogen) atoms. The van der Waals surface area contributed by atoms with Crippen LogP contribution in [0, 0.1) is 18.6 Å². The van der Waals surface area contributed by atoms with Crippen molar-refractivity contribution >= 4 is 11.5 Å². The first-order valence-corrected chi connectivity index (χ1v) is 5.35. The van der Waals surface area contributed by atoms with E-state index in [1.54, 1.807) is 19.1 Å². The number of aryl methyl sites for hydroxylation is 1. The van der Waals surface area contributed by atoms with Gasteiger partial charge in [-0.1, -0.05) is 12.1 Å². The van der Waals surface area contributed by atoms with Crippen LogP contribution in [-0.4, -0.2) is 5.78 Å². The predicted molar refractivity (Wildman–Crippen MR) is 65.4 cm³/mol. The highest BCUT2D eigenvalue weighted by atomic mass is 19.1. The van der Waals surface area contributed by atoms with E-state index in [4.69, 9.17) is 5.73 Å². The van der Waals surface area contributed by atoms with Crippen LogP contribution in [0.5, 0.6) is 0 Å². The van der Waals surface area contributed by atoms with Crippen molar-refractivity contribution < 1.29 is 13.6 Å². The van der Waals surface area contributed by atoms with E-state index < -0.39 is 17.4 Å². The van der Waals surface area contributed by atoms with Gasteiger partial charge >= 0.3 is 0 Å². The summed E-state index contributed by atoms with van der Waals surface area (Å²) in [5.74, 6) is -1.83. The number of rotatable bonds is 2. The molecule has 92 valence electrons. The predicted octanol–water partition coefficient (Wildman–Crippen LogP) is 3.09. The van der Waals surface area contributed by atoms with Crippen LogP contribution in [0.25, 0.3) is 0 Å². The number of ketones is 1. The molecule has 0 saturated carbocycles. The van der Waals surface area contributed by atoms with Gasteiger partial charge < -0.3 is 5.73 Å². The summed E-state index contributed by atoms with van der Waals surface area (Å²) in [6.45, 7) is 1.57. The molecule has 0 unspecified atom stereocenters. The largest absolute Gasteiger partial charge is 0.396 e. The molecule has 2 N–H and O–H groups in total. The van der Waals surface area contributed by atoms with Gasteiger partial charge in [-0.25, -0.2) is 8.78 Å². The van der Waals surface area contributed by atoms with Crippen molar-refractivity contribution in [1.29, 1.82) is 0 Å². The second-order valence-electron chi connectivity index (χ2n) is 4.00. The second-order valence-corrected chi connectivity index (χ2v) is 4.00. The molecule has 0 saturated heterocycles. The maximum Gasteiger partial charge on any atom is 0.196 e. The van der Waals surface area contributed by atoms with Crippen LogP contribution < -0.4 is 5.73 Å². The number of anilines is 1. The first-order valence-electron chi connectivity index (χ1n) is 5.35. The van der Waals surface area contributed by atoms with E-state index >= 15 is 0 Å². The fraction of sp³-hybridized carbons (Fsp3) is 0.0714. The maximum atomic E-state index is 13.8. The van der Waals surface area contributed by atoms with Crippen LogP contribution in [-0.2, 0) is 0 Å². The van der Waals surface area contributed by atoms with Gasteiger partial charge in [0.2, 0.25) is 0 Å². The van der Waals surface area contributed by atoms with E-state index in [1.165, 1.54) is 18.2 Å². The Morgan fingerprint density at radius 2 is 1.89 bits per heavy atom. The molecule has 0 spiro atoms. The van der Waals surface area contributed by atoms with Crippen molar-refractivity contribution in [3.8, 4) is 0 Å². The summed E-state index contributed by atoms with van der Waals surface area (Å²) in [5, 5.41) is 0. The van der Waals surface area contributed by atoms with Crippen molar-refractivity contribution in [2.45, 2.75) is 6.92 Å². The lowest BCUT2D eigenvalue weighted by Crippen LogP contribution is -2.06. The molecule has 0 radical (unpaired) electrons. The lowest BCUT2D eigenvalue weighted by Gasteiger charge is -2.05. The van der Waals surface area contributed by atoms with Gasteiger partial charge in [0.1, 0.15) is 11.6 Å². The van der Waals surface area contributed by atoms with Gasteiger partial charge in [0.15, 0.2) is 5.78 Å². The molecule has 2 aromatic rings. The van der Waals surface area contributed by atoms with Gasteiger partial charge in [-0.3, -0.25) is 4.79 Å². The average Bonchev–Trinajstić information content (AvgIpc) is 2.35. The number of halogens is 2. The number of nitrogens with two attached hydrogens (primary N) is 1. The smallest absolute Gasteiger partial charge is 0.196 e. The molecule has 0 atom stereocenters. The zero-order valence-electron chi connectivity index (χ0n) is 9.71. The Hall–Kier alpha value is -2.23. The summed E-state index contributed by atoms with van der Waals surface area (Å²) < 4.78 is 27.0. The van der Waals surface area contributed by atoms with Crippen molar-refractivity contribution in [2.75, 3.05) is 5.73 Å². The van der Waals surface area contributed by atoms with E-state index in [-0.39, 0.29) is 16.8 Å². The van der Waals surface area contributed by atoms with Crippen molar-refractivity contribution in [3.63, 3.8) is 0 Å². The summed E-state index contributed by atoms with van der Waals surface area (Å²) in [7, 11) is 0. The minimum absolute atomic E-state index is 0.0451. The van der Waals surface area contributed by atoms with E-state index in [2.05, 4.69) is 0 Å². The van der Waals surface area contributed by atoms with E-state index in [0.717, 1.165) is 6.07 Å². The highest BCUT2D eigenvalue weighted by molar-refractivity contribution is 6.09. The molecule has 4 heteroatoms. The molecule has 2 aromatic carbocycles. The Morgan fingerprint density at radius 1 is 1.17 bits per heavy atom. The summed E-state index contributed by atoms with van der Waals surface area (Å²) in [6.07, 6.45) is 0. The number of hydrogen-bond donors (Lipinski definition) is 1. The van der Waals surface area contributed by atoms with Gasteiger partial charge in [0.25, 0.3) is 0 Å². The standard InChI is InChI=1S/C14H11F2NO/c1-8-3-2-4-10(13(8)16)14(18)9-5-6-12(17)11(15)7-9/h2-7H,17H2,1H3. The first-order chi connectivity index (χ1) is 8.50. The molecule has 0 aliphatic heterocycles. The normalized spacial score (nSPS) is 10.4. The Bertz CT molecular complexity index is 623. The Balaban J connectivity index is 2.48. The maximum absolute atomic E-state index is 13.8. The molecule has 0 heterocycles. The lowest BCUT2D eigenvalue weighted by molar-refractivity contribution is 0.103. The fourth-order valence-corrected chi connectivity index (χ4v) is 1.65. The third kappa shape index (κ3) is 2.09. The highest BCUT2D eigenvalue weighted by Gasteiger charge is 2.16. The monoisotopic (exact) mass is 247 g/mol. The molecule has 0 aliphatic carbocycles. The molecule has 0 aromatic heterocycles. The SMILES string of the molecule is Cc1cccc(C(=O)c2ccc(N)c(F)c2)c1F. The van der Waals surface area contributed by atoms with E-state index in [9.17, 15) is 13.6 Å². The number of hydrogen-bond acceptors (Lipinski definition) is 2. The van der Waals surface area contributed by atoms with Crippen LogP contribution in [0.15, 0.2) is 36.4 Å². The van der Waals surface area contributed by atoms with Crippen LogP contribution in [0.2, 0.25) is 0 Å². The summed E-state index contributed by atoms with van der Waals surface area (Å²) in [5.41, 5.74) is 5.65. The summed E-state index contributed by atoms with van der Waals surface area (Å²) in [6, 6.07) is 8.20. The average molecular weight is 247 g/mol. The van der Waals surface area contributed by atoms with Crippen molar-refractivity contribution in [2.24, 2.45) is 0 Å².